The van der Waals surface area contributed by atoms with E-state index in [1.807, 2.05) is 67.7 Å². The highest BCUT2D eigenvalue weighted by atomic mass is 16.5. The number of carbonyl (C=O) groups is 3. The van der Waals surface area contributed by atoms with E-state index in [9.17, 15) is 14.4 Å². The lowest BCUT2D eigenvalue weighted by Crippen LogP contribution is -2.18. The first-order chi connectivity index (χ1) is 17.8. The van der Waals surface area contributed by atoms with Crippen LogP contribution >= 0.6 is 0 Å². The highest BCUT2D eigenvalue weighted by molar-refractivity contribution is 5.98. The highest BCUT2D eigenvalue weighted by Crippen LogP contribution is 2.26. The summed E-state index contributed by atoms with van der Waals surface area (Å²) in [5.41, 5.74) is 7.30. The summed E-state index contributed by atoms with van der Waals surface area (Å²) in [4.78, 5) is 35.6. The summed E-state index contributed by atoms with van der Waals surface area (Å²) in [6, 6.07) is 22.0. The SMILES string of the molecule is CC(=O)Nc1ccc(C(=O)N/N=C\c2cn(-c3ccccc3)nc2-c2ccc(C)cc2)cc1OC(C)=O. The maximum absolute atomic E-state index is 12.8. The molecule has 0 aliphatic rings. The van der Waals surface area contributed by atoms with Gasteiger partial charge in [0.05, 0.1) is 17.6 Å². The van der Waals surface area contributed by atoms with Crippen LogP contribution in [0.2, 0.25) is 0 Å². The van der Waals surface area contributed by atoms with Crippen LogP contribution in [0, 0.1) is 6.92 Å². The molecule has 1 aromatic heterocycles. The zero-order valence-corrected chi connectivity index (χ0v) is 20.6. The van der Waals surface area contributed by atoms with E-state index >= 15 is 0 Å². The van der Waals surface area contributed by atoms with E-state index in [0.29, 0.717) is 11.3 Å². The van der Waals surface area contributed by atoms with Crippen LogP contribution in [0.15, 0.2) is 84.1 Å². The van der Waals surface area contributed by atoms with Gasteiger partial charge >= 0.3 is 5.97 Å². The Hall–Kier alpha value is -5.05. The molecule has 2 amide bonds. The first kappa shape index (κ1) is 25.1. The molecule has 0 atom stereocenters. The number of aromatic nitrogens is 2. The van der Waals surface area contributed by atoms with Crippen LogP contribution in [-0.2, 0) is 9.59 Å². The van der Waals surface area contributed by atoms with Crippen molar-refractivity contribution in [1.82, 2.24) is 15.2 Å². The van der Waals surface area contributed by atoms with Gasteiger partial charge in [-0.15, -0.1) is 0 Å². The quantitative estimate of drug-likeness (QED) is 0.170. The van der Waals surface area contributed by atoms with Gasteiger partial charge in [0.25, 0.3) is 5.91 Å². The maximum atomic E-state index is 12.8. The van der Waals surface area contributed by atoms with Crippen molar-refractivity contribution in [2.24, 2.45) is 5.10 Å². The summed E-state index contributed by atoms with van der Waals surface area (Å²) in [5, 5.41) is 11.4. The van der Waals surface area contributed by atoms with Gasteiger partial charge in [-0.1, -0.05) is 48.0 Å². The van der Waals surface area contributed by atoms with Gasteiger partial charge in [-0.2, -0.15) is 10.2 Å². The number of benzene rings is 3. The number of hydrazone groups is 1. The zero-order valence-electron chi connectivity index (χ0n) is 20.6. The Morgan fingerprint density at radius 3 is 2.38 bits per heavy atom. The molecule has 0 bridgehead atoms. The van der Waals surface area contributed by atoms with Crippen LogP contribution in [-0.4, -0.2) is 33.8 Å². The van der Waals surface area contributed by atoms with Crippen LogP contribution in [0.3, 0.4) is 0 Å². The van der Waals surface area contributed by atoms with E-state index in [-0.39, 0.29) is 22.9 Å². The molecule has 37 heavy (non-hydrogen) atoms. The Morgan fingerprint density at radius 1 is 0.973 bits per heavy atom. The van der Waals surface area contributed by atoms with E-state index < -0.39 is 11.9 Å². The van der Waals surface area contributed by atoms with Gasteiger partial charge in [0.15, 0.2) is 5.75 Å². The largest absolute Gasteiger partial charge is 0.424 e. The van der Waals surface area contributed by atoms with Crippen molar-refractivity contribution in [1.29, 1.82) is 0 Å². The molecular weight excluding hydrogens is 470 g/mol. The molecule has 0 radical (unpaired) electrons. The predicted molar refractivity (Wildman–Crippen MR) is 141 cm³/mol. The summed E-state index contributed by atoms with van der Waals surface area (Å²) in [6.07, 6.45) is 3.36. The van der Waals surface area contributed by atoms with Crippen molar-refractivity contribution in [2.45, 2.75) is 20.8 Å². The number of carbonyl (C=O) groups excluding carboxylic acids is 3. The molecule has 186 valence electrons. The Kier molecular flexibility index (Phi) is 7.53. The zero-order chi connectivity index (χ0) is 26.4. The Morgan fingerprint density at radius 2 is 1.70 bits per heavy atom. The molecule has 2 N–H and O–H groups in total. The fraction of sp³-hybridized carbons (Fsp3) is 0.107. The normalized spacial score (nSPS) is 10.8. The van der Waals surface area contributed by atoms with Crippen LogP contribution in [0.25, 0.3) is 16.9 Å². The summed E-state index contributed by atoms with van der Waals surface area (Å²) >= 11 is 0. The molecule has 0 fully saturated rings. The van der Waals surface area contributed by atoms with E-state index in [1.165, 1.54) is 38.3 Å². The maximum Gasteiger partial charge on any atom is 0.308 e. The standard InChI is InChI=1S/C28H25N5O4/c1-18-9-11-21(12-10-18)27-23(17-33(32-27)24-7-5-4-6-8-24)16-29-31-28(36)22-13-14-25(30-19(2)34)26(15-22)37-20(3)35/h4-17H,1-3H3,(H,30,34)(H,31,36)/b29-16-. The Bertz CT molecular complexity index is 1470. The number of anilines is 1. The van der Waals surface area contributed by atoms with Gasteiger partial charge in [-0.3, -0.25) is 14.4 Å². The molecule has 4 rings (SSSR count). The second-order valence-electron chi connectivity index (χ2n) is 8.26. The highest BCUT2D eigenvalue weighted by Gasteiger charge is 2.14. The Balaban J connectivity index is 1.59. The molecule has 4 aromatic rings. The minimum atomic E-state index is -0.582. The van der Waals surface area contributed by atoms with Gasteiger partial charge in [-0.25, -0.2) is 10.1 Å². The number of aryl methyl sites for hydroxylation is 1. The van der Waals surface area contributed by atoms with Crippen LogP contribution in [0.1, 0.15) is 35.3 Å². The second kappa shape index (κ2) is 11.1. The first-order valence-corrected chi connectivity index (χ1v) is 11.5. The molecule has 0 saturated heterocycles. The molecule has 0 spiro atoms. The van der Waals surface area contributed by atoms with Crippen molar-refractivity contribution < 1.29 is 19.1 Å². The van der Waals surface area contributed by atoms with Crippen molar-refractivity contribution in [3.8, 4) is 22.7 Å². The number of para-hydroxylation sites is 1. The number of amides is 2. The van der Waals surface area contributed by atoms with Crippen molar-refractivity contribution >= 4 is 29.7 Å². The van der Waals surface area contributed by atoms with E-state index in [0.717, 1.165) is 16.8 Å². The van der Waals surface area contributed by atoms with Crippen LogP contribution in [0.4, 0.5) is 5.69 Å². The first-order valence-electron chi connectivity index (χ1n) is 11.5. The molecule has 0 aliphatic heterocycles. The number of hydrogen-bond acceptors (Lipinski definition) is 6. The Labute approximate surface area is 213 Å². The molecule has 0 aliphatic carbocycles. The lowest BCUT2D eigenvalue weighted by molar-refractivity contribution is -0.131. The monoisotopic (exact) mass is 495 g/mol. The van der Waals surface area contributed by atoms with Gasteiger partial charge in [0, 0.05) is 36.7 Å². The van der Waals surface area contributed by atoms with Gasteiger partial charge in [-0.05, 0) is 37.3 Å². The summed E-state index contributed by atoms with van der Waals surface area (Å²) in [7, 11) is 0. The molecule has 9 heteroatoms. The number of esters is 1. The third-order valence-corrected chi connectivity index (χ3v) is 5.27. The van der Waals surface area contributed by atoms with Crippen molar-refractivity contribution in [3.05, 3.63) is 95.7 Å². The molecule has 0 saturated carbocycles. The number of nitrogens with zero attached hydrogens (tertiary/aromatic N) is 3. The van der Waals surface area contributed by atoms with E-state index in [2.05, 4.69) is 15.8 Å². The lowest BCUT2D eigenvalue weighted by atomic mass is 10.1. The molecule has 1 heterocycles. The average Bonchev–Trinajstić information content (AvgIpc) is 3.29. The van der Waals surface area contributed by atoms with Gasteiger partial charge in [0.2, 0.25) is 5.91 Å². The average molecular weight is 496 g/mol. The minimum absolute atomic E-state index is 0.0603. The third kappa shape index (κ3) is 6.34. The van der Waals surface area contributed by atoms with E-state index in [4.69, 9.17) is 9.84 Å². The van der Waals surface area contributed by atoms with Crippen LogP contribution in [0.5, 0.6) is 5.75 Å². The minimum Gasteiger partial charge on any atom is -0.424 e. The molecule has 3 aromatic carbocycles. The predicted octanol–water partition coefficient (Wildman–Crippen LogP) is 4.50. The fourth-order valence-corrected chi connectivity index (χ4v) is 3.55. The van der Waals surface area contributed by atoms with Crippen molar-refractivity contribution in [2.75, 3.05) is 5.32 Å². The molecule has 9 nitrogen and oxygen atoms in total. The van der Waals surface area contributed by atoms with Crippen LogP contribution < -0.4 is 15.5 Å². The topological polar surface area (TPSA) is 115 Å². The smallest absolute Gasteiger partial charge is 0.308 e. The molecular formula is C28H25N5O4. The third-order valence-electron chi connectivity index (χ3n) is 5.27. The van der Waals surface area contributed by atoms with Gasteiger partial charge < -0.3 is 10.1 Å². The molecule has 0 unspecified atom stereocenters. The summed E-state index contributed by atoms with van der Waals surface area (Å²) in [6.45, 7) is 4.58. The number of nitrogens with one attached hydrogen (secondary N) is 2. The van der Waals surface area contributed by atoms with Gasteiger partial charge in [0.1, 0.15) is 5.69 Å². The number of rotatable bonds is 7. The lowest BCUT2D eigenvalue weighted by Gasteiger charge is -2.10. The summed E-state index contributed by atoms with van der Waals surface area (Å²) in [5.74, 6) is -1.38. The van der Waals surface area contributed by atoms with E-state index in [1.54, 1.807) is 4.68 Å². The number of ether oxygens (including phenoxy) is 1. The second-order valence-corrected chi connectivity index (χ2v) is 8.26. The number of hydrogen-bond donors (Lipinski definition) is 2. The van der Waals surface area contributed by atoms with Crippen molar-refractivity contribution in [3.63, 3.8) is 0 Å². The summed E-state index contributed by atoms with van der Waals surface area (Å²) < 4.78 is 6.90. The fourth-order valence-electron chi connectivity index (χ4n) is 3.55.